The molecule has 1 atom stereocenters. The molecule has 0 radical (unpaired) electrons. The molecule has 0 bridgehead atoms. The number of hydrazone groups is 1. The molecule has 1 heterocycles. The van der Waals surface area contributed by atoms with Gasteiger partial charge in [-0.15, -0.1) is 0 Å². The molecule has 1 saturated heterocycles. The number of ether oxygens (including phenoxy) is 2. The first-order valence-electron chi connectivity index (χ1n) is 11.6. The Labute approximate surface area is 211 Å². The standard InChI is InChI=1S/C25H32N4O6S/c1-18-6-4-8-23(19(18)2)29(36(3,32)33)16-24(30)28-27-14-20-9-11-21(12-10-20)35-17-25(31)26-15-22-7-5-13-34-22/h4,6,8-12,14,22H,5,7,13,15-17H2,1-3H3,(H,26,31)(H,28,30)/b27-14+. The van der Waals surface area contributed by atoms with Crippen molar-refractivity contribution < 1.29 is 27.5 Å². The van der Waals surface area contributed by atoms with E-state index in [-0.39, 0.29) is 18.6 Å². The maximum atomic E-state index is 12.4. The van der Waals surface area contributed by atoms with Crippen LogP contribution in [0, 0.1) is 13.8 Å². The fourth-order valence-electron chi connectivity index (χ4n) is 3.61. The van der Waals surface area contributed by atoms with Crippen molar-refractivity contribution in [2.45, 2.75) is 32.8 Å². The maximum absolute atomic E-state index is 12.4. The largest absolute Gasteiger partial charge is 0.484 e. The molecule has 2 N–H and O–H groups in total. The van der Waals surface area contributed by atoms with Gasteiger partial charge in [0.05, 0.1) is 24.3 Å². The van der Waals surface area contributed by atoms with Crippen LogP contribution in [-0.2, 0) is 24.3 Å². The molecule has 0 saturated carbocycles. The van der Waals surface area contributed by atoms with Gasteiger partial charge in [0, 0.05) is 13.2 Å². The summed E-state index contributed by atoms with van der Waals surface area (Å²) < 4.78 is 36.6. The van der Waals surface area contributed by atoms with Crippen LogP contribution >= 0.6 is 0 Å². The third kappa shape index (κ3) is 8.06. The van der Waals surface area contributed by atoms with Crippen LogP contribution in [0.1, 0.15) is 29.5 Å². The summed E-state index contributed by atoms with van der Waals surface area (Å²) in [6, 6.07) is 12.1. The summed E-state index contributed by atoms with van der Waals surface area (Å²) in [6.45, 7) is 4.40. The lowest BCUT2D eigenvalue weighted by molar-refractivity contribution is -0.123. The molecule has 1 aliphatic rings. The molecular weight excluding hydrogens is 484 g/mol. The van der Waals surface area contributed by atoms with E-state index in [2.05, 4.69) is 15.8 Å². The number of benzene rings is 2. The number of hydrogen-bond donors (Lipinski definition) is 2. The van der Waals surface area contributed by atoms with Gasteiger partial charge >= 0.3 is 0 Å². The van der Waals surface area contributed by atoms with Crippen LogP contribution in [0.25, 0.3) is 0 Å². The van der Waals surface area contributed by atoms with Crippen LogP contribution in [0.15, 0.2) is 47.6 Å². The van der Waals surface area contributed by atoms with E-state index in [0.717, 1.165) is 41.1 Å². The predicted octanol–water partition coefficient (Wildman–Crippen LogP) is 1.89. The van der Waals surface area contributed by atoms with Crippen LogP contribution in [0.5, 0.6) is 5.75 Å². The molecule has 2 amide bonds. The van der Waals surface area contributed by atoms with E-state index in [9.17, 15) is 18.0 Å². The Kier molecular flexibility index (Phi) is 9.43. The highest BCUT2D eigenvalue weighted by Gasteiger charge is 2.22. The molecule has 1 aliphatic heterocycles. The highest BCUT2D eigenvalue weighted by Crippen LogP contribution is 2.24. The first kappa shape index (κ1) is 27.2. The van der Waals surface area contributed by atoms with Crippen LogP contribution in [0.3, 0.4) is 0 Å². The highest BCUT2D eigenvalue weighted by molar-refractivity contribution is 7.92. The van der Waals surface area contributed by atoms with Gasteiger partial charge in [-0.25, -0.2) is 13.8 Å². The number of aryl methyl sites for hydroxylation is 1. The molecule has 0 spiro atoms. The first-order valence-corrected chi connectivity index (χ1v) is 13.5. The molecule has 2 aromatic carbocycles. The van der Waals surface area contributed by atoms with Crippen molar-refractivity contribution >= 4 is 33.7 Å². The molecule has 36 heavy (non-hydrogen) atoms. The fraction of sp³-hybridized carbons (Fsp3) is 0.400. The van der Waals surface area contributed by atoms with E-state index >= 15 is 0 Å². The minimum absolute atomic E-state index is 0.0779. The number of carbonyl (C=O) groups is 2. The van der Waals surface area contributed by atoms with E-state index in [1.54, 1.807) is 36.4 Å². The molecule has 1 unspecified atom stereocenters. The highest BCUT2D eigenvalue weighted by atomic mass is 32.2. The summed E-state index contributed by atoms with van der Waals surface area (Å²) in [5.41, 5.74) is 5.19. The monoisotopic (exact) mass is 516 g/mol. The molecule has 0 aromatic heterocycles. The van der Waals surface area contributed by atoms with Gasteiger partial charge in [-0.05, 0) is 73.7 Å². The van der Waals surface area contributed by atoms with Gasteiger partial charge in [0.1, 0.15) is 12.3 Å². The number of carbonyl (C=O) groups excluding carboxylic acids is 2. The van der Waals surface area contributed by atoms with Crippen LogP contribution in [-0.4, -0.2) is 65.1 Å². The van der Waals surface area contributed by atoms with Crippen molar-refractivity contribution in [1.29, 1.82) is 0 Å². The number of nitrogens with one attached hydrogen (secondary N) is 2. The normalized spacial score (nSPS) is 15.6. The van der Waals surface area contributed by atoms with Crippen molar-refractivity contribution in [3.8, 4) is 5.75 Å². The van der Waals surface area contributed by atoms with Crippen LogP contribution in [0.2, 0.25) is 0 Å². The quantitative estimate of drug-likeness (QED) is 0.347. The van der Waals surface area contributed by atoms with Gasteiger partial charge in [0.15, 0.2) is 6.61 Å². The molecular formula is C25H32N4O6S. The number of amides is 2. The third-order valence-corrected chi connectivity index (χ3v) is 6.86. The SMILES string of the molecule is Cc1cccc(N(CC(=O)N/N=C/c2ccc(OCC(=O)NCC3CCCO3)cc2)S(C)(=O)=O)c1C. The van der Waals surface area contributed by atoms with E-state index in [1.165, 1.54) is 6.21 Å². The average molecular weight is 517 g/mol. The molecule has 194 valence electrons. The summed E-state index contributed by atoms with van der Waals surface area (Å²) in [7, 11) is -3.68. The lowest BCUT2D eigenvalue weighted by Crippen LogP contribution is -2.39. The minimum Gasteiger partial charge on any atom is -0.484 e. The second kappa shape index (κ2) is 12.5. The van der Waals surface area contributed by atoms with E-state index in [1.807, 2.05) is 19.9 Å². The van der Waals surface area contributed by atoms with Crippen molar-refractivity contribution in [3.05, 3.63) is 59.2 Å². The second-order valence-electron chi connectivity index (χ2n) is 8.58. The van der Waals surface area contributed by atoms with Crippen LogP contribution in [0.4, 0.5) is 5.69 Å². The van der Waals surface area contributed by atoms with E-state index in [0.29, 0.717) is 23.5 Å². The second-order valence-corrected chi connectivity index (χ2v) is 10.5. The molecule has 3 rings (SSSR count). The number of sulfonamides is 1. The van der Waals surface area contributed by atoms with Crippen molar-refractivity contribution in [2.24, 2.45) is 5.10 Å². The summed E-state index contributed by atoms with van der Waals surface area (Å²) in [6.07, 6.45) is 4.53. The van der Waals surface area contributed by atoms with Crippen LogP contribution < -0.4 is 19.8 Å². The fourth-order valence-corrected chi connectivity index (χ4v) is 4.52. The number of hydrogen-bond acceptors (Lipinski definition) is 7. The first-order chi connectivity index (χ1) is 17.1. The smallest absolute Gasteiger partial charge is 0.260 e. The molecule has 10 nitrogen and oxygen atoms in total. The molecule has 11 heteroatoms. The Balaban J connectivity index is 1.48. The van der Waals surface area contributed by atoms with Gasteiger partial charge in [-0.3, -0.25) is 13.9 Å². The Bertz CT molecular complexity index is 1190. The zero-order chi connectivity index (χ0) is 26.1. The van der Waals surface area contributed by atoms with E-state index < -0.39 is 22.5 Å². The van der Waals surface area contributed by atoms with E-state index in [4.69, 9.17) is 9.47 Å². The van der Waals surface area contributed by atoms with Gasteiger partial charge in [-0.1, -0.05) is 12.1 Å². The zero-order valence-corrected chi connectivity index (χ0v) is 21.5. The van der Waals surface area contributed by atoms with Crippen molar-refractivity contribution in [2.75, 3.05) is 36.9 Å². The molecule has 0 aliphatic carbocycles. The zero-order valence-electron chi connectivity index (χ0n) is 20.7. The summed E-state index contributed by atoms with van der Waals surface area (Å²) >= 11 is 0. The predicted molar refractivity (Wildman–Crippen MR) is 138 cm³/mol. The Morgan fingerprint density at radius 1 is 1.17 bits per heavy atom. The number of anilines is 1. The van der Waals surface area contributed by atoms with Gasteiger partial charge in [-0.2, -0.15) is 5.10 Å². The lowest BCUT2D eigenvalue weighted by Gasteiger charge is -2.23. The van der Waals surface area contributed by atoms with Gasteiger partial charge < -0.3 is 14.8 Å². The Morgan fingerprint density at radius 2 is 1.92 bits per heavy atom. The molecule has 2 aromatic rings. The Morgan fingerprint density at radius 3 is 2.58 bits per heavy atom. The van der Waals surface area contributed by atoms with Crippen molar-refractivity contribution in [1.82, 2.24) is 10.7 Å². The third-order valence-electron chi connectivity index (χ3n) is 5.74. The van der Waals surface area contributed by atoms with Gasteiger partial charge in [0.25, 0.3) is 11.8 Å². The number of nitrogens with zero attached hydrogens (tertiary/aromatic N) is 2. The van der Waals surface area contributed by atoms with Crippen molar-refractivity contribution in [3.63, 3.8) is 0 Å². The summed E-state index contributed by atoms with van der Waals surface area (Å²) in [5.74, 6) is -0.282. The number of rotatable bonds is 11. The summed E-state index contributed by atoms with van der Waals surface area (Å²) in [5, 5.41) is 6.71. The average Bonchev–Trinajstić information content (AvgIpc) is 3.36. The van der Waals surface area contributed by atoms with Gasteiger partial charge in [0.2, 0.25) is 10.0 Å². The Hall–Kier alpha value is -3.44. The minimum atomic E-state index is -3.68. The lowest BCUT2D eigenvalue weighted by atomic mass is 10.1. The topological polar surface area (TPSA) is 126 Å². The summed E-state index contributed by atoms with van der Waals surface area (Å²) in [4.78, 5) is 24.3. The molecule has 1 fully saturated rings. The maximum Gasteiger partial charge on any atom is 0.260 e.